The molecule has 9 aromatic rings. The van der Waals surface area contributed by atoms with Gasteiger partial charge in [-0.2, -0.15) is 0 Å². The third-order valence-electron chi connectivity index (χ3n) is 8.20. The van der Waals surface area contributed by atoms with Gasteiger partial charge >= 0.3 is 0 Å². The van der Waals surface area contributed by atoms with Gasteiger partial charge in [-0.3, -0.25) is 9.38 Å². The van der Waals surface area contributed by atoms with E-state index in [4.69, 9.17) is 15.0 Å². The van der Waals surface area contributed by atoms with Gasteiger partial charge in [0.1, 0.15) is 5.65 Å². The van der Waals surface area contributed by atoms with Crippen LogP contribution < -0.4 is 0 Å². The monoisotopic (exact) mass is 522 g/mol. The average molecular weight is 523 g/mol. The van der Waals surface area contributed by atoms with Crippen LogP contribution in [0.25, 0.3) is 82.5 Å². The highest BCUT2D eigenvalue weighted by molar-refractivity contribution is 6.12. The average Bonchev–Trinajstić information content (AvgIpc) is 3.45. The van der Waals surface area contributed by atoms with Crippen LogP contribution in [0.5, 0.6) is 0 Å². The second-order valence-corrected chi connectivity index (χ2v) is 10.5. The molecule has 0 aliphatic rings. The molecule has 9 rings (SSSR count). The van der Waals surface area contributed by atoms with E-state index in [0.29, 0.717) is 0 Å². The Morgan fingerprint density at radius 1 is 0.463 bits per heavy atom. The van der Waals surface area contributed by atoms with Crippen LogP contribution in [-0.2, 0) is 0 Å². The number of nitrogens with zero attached hydrogens (tertiary/aromatic N) is 4. The minimum Gasteiger partial charge on any atom is -0.292 e. The molecular weight excluding hydrogens is 500 g/mol. The Morgan fingerprint density at radius 2 is 1.22 bits per heavy atom. The van der Waals surface area contributed by atoms with E-state index in [-0.39, 0.29) is 0 Å². The fraction of sp³-hybridized carbons (Fsp3) is 0. The van der Waals surface area contributed by atoms with E-state index in [1.165, 1.54) is 10.8 Å². The third kappa shape index (κ3) is 3.31. The summed E-state index contributed by atoms with van der Waals surface area (Å²) in [4.78, 5) is 14.9. The molecule has 0 saturated heterocycles. The minimum atomic E-state index is 0.939. The van der Waals surface area contributed by atoms with Crippen molar-refractivity contribution in [3.05, 3.63) is 134 Å². The van der Waals surface area contributed by atoms with Crippen LogP contribution in [0, 0.1) is 0 Å². The number of hydrogen-bond acceptors (Lipinski definition) is 3. The van der Waals surface area contributed by atoms with Gasteiger partial charge in [-0.25, -0.2) is 9.97 Å². The fourth-order valence-electron chi connectivity index (χ4n) is 6.20. The Kier molecular flexibility index (Phi) is 4.58. The maximum atomic E-state index is 5.08. The van der Waals surface area contributed by atoms with Crippen molar-refractivity contribution in [2.24, 2.45) is 0 Å². The number of benzene rings is 5. The molecule has 190 valence electrons. The van der Waals surface area contributed by atoms with Crippen LogP contribution in [0.4, 0.5) is 0 Å². The molecule has 4 aromatic heterocycles. The van der Waals surface area contributed by atoms with E-state index in [9.17, 15) is 0 Å². The Hall–Kier alpha value is -5.61. The number of para-hydroxylation sites is 2. The topological polar surface area (TPSA) is 43.1 Å². The zero-order valence-corrected chi connectivity index (χ0v) is 22.0. The van der Waals surface area contributed by atoms with Gasteiger partial charge in [-0.15, -0.1) is 0 Å². The van der Waals surface area contributed by atoms with Crippen LogP contribution in [0.3, 0.4) is 0 Å². The summed E-state index contributed by atoms with van der Waals surface area (Å²) in [5.74, 6) is 0. The first-order valence-corrected chi connectivity index (χ1v) is 13.8. The van der Waals surface area contributed by atoms with Crippen LogP contribution in [-0.4, -0.2) is 19.4 Å². The molecule has 0 bridgehead atoms. The summed E-state index contributed by atoms with van der Waals surface area (Å²) >= 11 is 0. The predicted octanol–water partition coefficient (Wildman–Crippen LogP) is 9.22. The standard InChI is InChI=1S/C37H22N4/c1-2-7-28-24(6-1)13-16-26-17-19-31(39-35(26)28)25-14-11-23(12-15-25)27-18-20-33-30(22-27)36-29(8-5-21-38-36)37-40-32-9-3-4-10-34(32)41(33)37/h1-22H. The molecule has 4 heterocycles. The van der Waals surface area contributed by atoms with Crippen LogP contribution >= 0.6 is 0 Å². The second kappa shape index (κ2) is 8.44. The molecule has 0 unspecified atom stereocenters. The maximum absolute atomic E-state index is 5.08. The zero-order valence-electron chi connectivity index (χ0n) is 22.0. The van der Waals surface area contributed by atoms with E-state index in [0.717, 1.165) is 71.8 Å². The Morgan fingerprint density at radius 3 is 2.17 bits per heavy atom. The quantitative estimate of drug-likeness (QED) is 0.213. The fourth-order valence-corrected chi connectivity index (χ4v) is 6.20. The highest BCUT2D eigenvalue weighted by Crippen LogP contribution is 2.34. The predicted molar refractivity (Wildman–Crippen MR) is 169 cm³/mol. The lowest BCUT2D eigenvalue weighted by Gasteiger charge is -2.11. The van der Waals surface area contributed by atoms with Crippen molar-refractivity contribution in [3.8, 4) is 22.4 Å². The smallest absolute Gasteiger partial charge is 0.147 e. The third-order valence-corrected chi connectivity index (χ3v) is 8.20. The van der Waals surface area contributed by atoms with Crippen molar-refractivity contribution < 1.29 is 0 Å². The van der Waals surface area contributed by atoms with Crippen molar-refractivity contribution in [2.45, 2.75) is 0 Å². The zero-order chi connectivity index (χ0) is 26.9. The molecule has 5 aromatic carbocycles. The lowest BCUT2D eigenvalue weighted by atomic mass is 9.99. The number of aromatic nitrogens is 4. The Bertz CT molecular complexity index is 2470. The van der Waals surface area contributed by atoms with Crippen LogP contribution in [0.15, 0.2) is 134 Å². The first-order chi connectivity index (χ1) is 20.3. The summed E-state index contributed by atoms with van der Waals surface area (Å²) in [6, 6.07) is 44.8. The number of fused-ring (bicyclic) bond motifs is 11. The highest BCUT2D eigenvalue weighted by atomic mass is 15.0. The second-order valence-electron chi connectivity index (χ2n) is 10.5. The summed E-state index contributed by atoms with van der Waals surface area (Å²) in [6.07, 6.45) is 1.86. The molecule has 0 aliphatic carbocycles. The SMILES string of the molecule is c1ccc2c(c1)ccc1ccc(-c3ccc(-c4ccc5c(c4)c4ncccc4c4nc6ccccc6n54)cc3)nc12. The van der Waals surface area contributed by atoms with Gasteiger partial charge in [0.25, 0.3) is 0 Å². The summed E-state index contributed by atoms with van der Waals surface area (Å²) < 4.78 is 2.26. The Balaban J connectivity index is 1.19. The molecule has 0 amide bonds. The largest absolute Gasteiger partial charge is 0.292 e. The molecule has 0 radical (unpaired) electrons. The van der Waals surface area contributed by atoms with Gasteiger partial charge in [0.2, 0.25) is 0 Å². The van der Waals surface area contributed by atoms with E-state index in [1.807, 2.05) is 18.3 Å². The number of hydrogen-bond donors (Lipinski definition) is 0. The summed E-state index contributed by atoms with van der Waals surface area (Å²) in [7, 11) is 0. The normalized spacial score (nSPS) is 11.9. The number of imidazole rings is 1. The minimum absolute atomic E-state index is 0.939. The lowest BCUT2D eigenvalue weighted by Crippen LogP contribution is -1.93. The molecule has 4 nitrogen and oxygen atoms in total. The first-order valence-electron chi connectivity index (χ1n) is 13.8. The number of pyridine rings is 3. The highest BCUT2D eigenvalue weighted by Gasteiger charge is 2.15. The molecule has 41 heavy (non-hydrogen) atoms. The van der Waals surface area contributed by atoms with Gasteiger partial charge < -0.3 is 0 Å². The van der Waals surface area contributed by atoms with Gasteiger partial charge in [0.15, 0.2) is 0 Å². The van der Waals surface area contributed by atoms with Crippen molar-refractivity contribution in [2.75, 3.05) is 0 Å². The summed E-state index contributed by atoms with van der Waals surface area (Å²) in [5, 5.41) is 5.71. The number of rotatable bonds is 2. The Labute approximate surface area is 235 Å². The molecule has 0 saturated carbocycles. The molecule has 0 spiro atoms. The van der Waals surface area contributed by atoms with Crippen LogP contribution in [0.2, 0.25) is 0 Å². The summed E-state index contributed by atoms with van der Waals surface area (Å²) in [6.45, 7) is 0. The van der Waals surface area contributed by atoms with E-state index in [2.05, 4.69) is 120 Å². The lowest BCUT2D eigenvalue weighted by molar-refractivity contribution is 1.30. The molecule has 4 heteroatoms. The molecule has 0 N–H and O–H groups in total. The van der Waals surface area contributed by atoms with E-state index >= 15 is 0 Å². The molecule has 0 fully saturated rings. The maximum Gasteiger partial charge on any atom is 0.147 e. The first kappa shape index (κ1) is 22.2. The van der Waals surface area contributed by atoms with Gasteiger partial charge in [-0.1, -0.05) is 84.9 Å². The van der Waals surface area contributed by atoms with Gasteiger partial charge in [-0.05, 0) is 59.0 Å². The van der Waals surface area contributed by atoms with Crippen LogP contribution in [0.1, 0.15) is 0 Å². The summed E-state index contributed by atoms with van der Waals surface area (Å²) in [5.41, 5.74) is 10.5. The van der Waals surface area contributed by atoms with Crippen molar-refractivity contribution in [1.82, 2.24) is 19.4 Å². The van der Waals surface area contributed by atoms with Crippen molar-refractivity contribution in [1.29, 1.82) is 0 Å². The van der Waals surface area contributed by atoms with Gasteiger partial charge in [0.05, 0.1) is 33.3 Å². The molecule has 0 aliphatic heterocycles. The van der Waals surface area contributed by atoms with E-state index < -0.39 is 0 Å². The molecular formula is C37H22N4. The molecule has 0 atom stereocenters. The van der Waals surface area contributed by atoms with Gasteiger partial charge in [0, 0.05) is 33.3 Å². The van der Waals surface area contributed by atoms with E-state index in [1.54, 1.807) is 0 Å². The van der Waals surface area contributed by atoms with Crippen molar-refractivity contribution in [3.63, 3.8) is 0 Å². The van der Waals surface area contributed by atoms with Crippen molar-refractivity contribution >= 4 is 60.2 Å².